The molecule has 0 heterocycles. The molecule has 0 saturated heterocycles. The second-order valence-corrected chi connectivity index (χ2v) is 9.31. The molecule has 2 N–H and O–H groups in total. The van der Waals surface area contributed by atoms with Gasteiger partial charge < -0.3 is 14.9 Å². The predicted octanol–water partition coefficient (Wildman–Crippen LogP) is 7.55. The zero-order valence-electron chi connectivity index (χ0n) is 21.4. The summed E-state index contributed by atoms with van der Waals surface area (Å²) in [5.41, 5.74) is 3.75. The summed E-state index contributed by atoms with van der Waals surface area (Å²) in [6, 6.07) is 22.1. The number of carbonyl (C=O) groups is 2. The van der Waals surface area contributed by atoms with Crippen molar-refractivity contribution < 1.29 is 24.5 Å². The van der Waals surface area contributed by atoms with Crippen LogP contribution in [0, 0.1) is 5.92 Å². The molecule has 0 aliphatic heterocycles. The van der Waals surface area contributed by atoms with Gasteiger partial charge in [0.1, 0.15) is 5.75 Å². The number of benzene rings is 3. The molecule has 0 saturated carbocycles. The molecule has 3 aromatic rings. The molecular formula is C32H36O5. The molecule has 1 atom stereocenters. The SMILES string of the molecule is CCCCCCOc1ccccc1C=CC(CCc1ccc(C(=O)O)cc1)Cc1ccc(C(=O)O)cc1. The number of aromatic carboxylic acids is 2. The zero-order chi connectivity index (χ0) is 26.5. The summed E-state index contributed by atoms with van der Waals surface area (Å²) < 4.78 is 6.07. The van der Waals surface area contributed by atoms with E-state index in [1.807, 2.05) is 42.5 Å². The Hall–Kier alpha value is -3.86. The van der Waals surface area contributed by atoms with Crippen LogP contribution < -0.4 is 4.74 Å². The maximum absolute atomic E-state index is 11.2. The summed E-state index contributed by atoms with van der Waals surface area (Å²) in [5.74, 6) is -0.779. The van der Waals surface area contributed by atoms with E-state index in [0.29, 0.717) is 6.61 Å². The topological polar surface area (TPSA) is 83.8 Å². The van der Waals surface area contributed by atoms with Crippen LogP contribution >= 0.6 is 0 Å². The Labute approximate surface area is 219 Å². The Morgan fingerprint density at radius 1 is 0.811 bits per heavy atom. The van der Waals surface area contributed by atoms with Crippen LogP contribution in [0.3, 0.4) is 0 Å². The molecule has 0 spiro atoms. The third-order valence-electron chi connectivity index (χ3n) is 6.43. The zero-order valence-corrected chi connectivity index (χ0v) is 21.4. The van der Waals surface area contributed by atoms with Crippen LogP contribution in [0.25, 0.3) is 6.08 Å². The maximum atomic E-state index is 11.2. The fraction of sp³-hybridized carbons (Fsp3) is 0.312. The molecule has 0 bridgehead atoms. The van der Waals surface area contributed by atoms with Gasteiger partial charge in [0.05, 0.1) is 17.7 Å². The lowest BCUT2D eigenvalue weighted by atomic mass is 9.91. The van der Waals surface area contributed by atoms with Gasteiger partial charge in [0.25, 0.3) is 0 Å². The first-order chi connectivity index (χ1) is 18.0. The van der Waals surface area contributed by atoms with E-state index >= 15 is 0 Å². The minimum Gasteiger partial charge on any atom is -0.493 e. The van der Waals surface area contributed by atoms with Crippen LogP contribution in [0.1, 0.15) is 76.4 Å². The first-order valence-corrected chi connectivity index (χ1v) is 13.0. The molecule has 0 aromatic heterocycles. The summed E-state index contributed by atoms with van der Waals surface area (Å²) in [5, 5.41) is 18.4. The van der Waals surface area contributed by atoms with Crippen molar-refractivity contribution in [1.29, 1.82) is 0 Å². The Morgan fingerprint density at radius 2 is 1.43 bits per heavy atom. The molecule has 0 radical (unpaired) electrons. The number of rotatable bonds is 15. The van der Waals surface area contributed by atoms with Gasteiger partial charge in [0.2, 0.25) is 0 Å². The van der Waals surface area contributed by atoms with Gasteiger partial charge >= 0.3 is 11.9 Å². The van der Waals surface area contributed by atoms with Crippen molar-refractivity contribution in [1.82, 2.24) is 0 Å². The van der Waals surface area contributed by atoms with E-state index in [1.54, 1.807) is 24.3 Å². The minimum absolute atomic E-state index is 0.201. The summed E-state index contributed by atoms with van der Waals surface area (Å²) in [6.07, 6.45) is 11.4. The van der Waals surface area contributed by atoms with Crippen LogP contribution in [-0.2, 0) is 12.8 Å². The summed E-state index contributed by atoms with van der Waals surface area (Å²) >= 11 is 0. The molecule has 0 amide bonds. The van der Waals surface area contributed by atoms with Crippen LogP contribution in [0.2, 0.25) is 0 Å². The van der Waals surface area contributed by atoms with Crippen molar-refractivity contribution in [3.63, 3.8) is 0 Å². The smallest absolute Gasteiger partial charge is 0.335 e. The molecule has 0 aliphatic rings. The van der Waals surface area contributed by atoms with Gasteiger partial charge in [0, 0.05) is 5.56 Å². The number of ether oxygens (including phenoxy) is 1. The first-order valence-electron chi connectivity index (χ1n) is 13.0. The highest BCUT2D eigenvalue weighted by atomic mass is 16.5. The van der Waals surface area contributed by atoms with Crippen LogP contribution in [-0.4, -0.2) is 28.8 Å². The van der Waals surface area contributed by atoms with Gasteiger partial charge in [-0.1, -0.05) is 80.8 Å². The summed E-state index contributed by atoms with van der Waals surface area (Å²) in [4.78, 5) is 22.4. The standard InChI is InChI=1S/C32H36O5/c1-2-3-4-7-22-37-30-9-6-5-8-27(30)17-14-25(23-26-15-20-29(21-16-26)32(35)36)11-10-24-12-18-28(19-13-24)31(33)34/h5-6,8-9,12-21,25H,2-4,7,10-11,22-23H2,1H3,(H,33,34)(H,35,36). The molecular weight excluding hydrogens is 464 g/mol. The normalized spacial score (nSPS) is 11.9. The number of hydrogen-bond donors (Lipinski definition) is 2. The van der Waals surface area contributed by atoms with Gasteiger partial charge in [-0.05, 0) is 73.1 Å². The third-order valence-corrected chi connectivity index (χ3v) is 6.43. The molecule has 0 fully saturated rings. The van der Waals surface area contributed by atoms with E-state index in [-0.39, 0.29) is 17.0 Å². The first kappa shape index (κ1) is 27.7. The number of carboxylic acids is 2. The van der Waals surface area contributed by atoms with E-state index in [4.69, 9.17) is 9.84 Å². The number of allylic oxidation sites excluding steroid dienone is 1. The molecule has 3 aromatic carbocycles. The lowest BCUT2D eigenvalue weighted by molar-refractivity contribution is 0.0686. The summed E-state index contributed by atoms with van der Waals surface area (Å²) in [6.45, 7) is 2.90. The van der Waals surface area contributed by atoms with Crippen LogP contribution in [0.5, 0.6) is 5.75 Å². The molecule has 1 unspecified atom stereocenters. The van der Waals surface area contributed by atoms with Gasteiger partial charge in [-0.3, -0.25) is 0 Å². The molecule has 37 heavy (non-hydrogen) atoms. The lowest BCUT2D eigenvalue weighted by Crippen LogP contribution is -2.05. The Kier molecular flexibility index (Phi) is 11.0. The van der Waals surface area contributed by atoms with E-state index in [1.165, 1.54) is 19.3 Å². The quantitative estimate of drug-likeness (QED) is 0.211. The predicted molar refractivity (Wildman–Crippen MR) is 147 cm³/mol. The minimum atomic E-state index is -0.931. The second kappa shape index (κ2) is 14.6. The van der Waals surface area contributed by atoms with Crippen molar-refractivity contribution in [3.8, 4) is 5.75 Å². The average molecular weight is 501 g/mol. The fourth-order valence-corrected chi connectivity index (χ4v) is 4.22. The van der Waals surface area contributed by atoms with Crippen molar-refractivity contribution in [2.45, 2.75) is 51.9 Å². The Balaban J connectivity index is 1.73. The lowest BCUT2D eigenvalue weighted by Gasteiger charge is -2.15. The number of unbranched alkanes of at least 4 members (excludes halogenated alkanes) is 3. The van der Waals surface area contributed by atoms with Gasteiger partial charge in [-0.15, -0.1) is 0 Å². The molecule has 3 rings (SSSR count). The molecule has 5 heteroatoms. The highest BCUT2D eigenvalue weighted by Crippen LogP contribution is 2.24. The second-order valence-electron chi connectivity index (χ2n) is 9.31. The Bertz CT molecular complexity index is 1160. The number of aryl methyl sites for hydroxylation is 1. The maximum Gasteiger partial charge on any atom is 0.335 e. The fourth-order valence-electron chi connectivity index (χ4n) is 4.22. The van der Waals surface area contributed by atoms with Crippen molar-refractivity contribution in [2.75, 3.05) is 6.61 Å². The highest BCUT2D eigenvalue weighted by molar-refractivity contribution is 5.88. The average Bonchev–Trinajstić information content (AvgIpc) is 2.91. The van der Waals surface area contributed by atoms with Crippen molar-refractivity contribution in [2.24, 2.45) is 5.92 Å². The van der Waals surface area contributed by atoms with Crippen LogP contribution in [0.15, 0.2) is 78.9 Å². The largest absolute Gasteiger partial charge is 0.493 e. The monoisotopic (exact) mass is 500 g/mol. The highest BCUT2D eigenvalue weighted by Gasteiger charge is 2.11. The Morgan fingerprint density at radius 3 is 2.05 bits per heavy atom. The van der Waals surface area contributed by atoms with Crippen molar-refractivity contribution >= 4 is 18.0 Å². The van der Waals surface area contributed by atoms with Gasteiger partial charge in [0.15, 0.2) is 0 Å². The van der Waals surface area contributed by atoms with Gasteiger partial charge in [-0.25, -0.2) is 9.59 Å². The number of hydrogen-bond acceptors (Lipinski definition) is 3. The third kappa shape index (κ3) is 9.26. The van der Waals surface area contributed by atoms with E-state index in [0.717, 1.165) is 48.1 Å². The molecule has 0 aliphatic carbocycles. The van der Waals surface area contributed by atoms with Crippen molar-refractivity contribution in [3.05, 3.63) is 107 Å². The molecule has 194 valence electrons. The van der Waals surface area contributed by atoms with E-state index in [9.17, 15) is 14.7 Å². The van der Waals surface area contributed by atoms with E-state index < -0.39 is 11.9 Å². The van der Waals surface area contributed by atoms with Crippen LogP contribution in [0.4, 0.5) is 0 Å². The van der Waals surface area contributed by atoms with Gasteiger partial charge in [-0.2, -0.15) is 0 Å². The number of para-hydroxylation sites is 1. The summed E-state index contributed by atoms with van der Waals surface area (Å²) in [7, 11) is 0. The van der Waals surface area contributed by atoms with E-state index in [2.05, 4.69) is 25.1 Å². The molecule has 5 nitrogen and oxygen atoms in total. The number of carboxylic acid groups (broad SMARTS) is 2.